The van der Waals surface area contributed by atoms with Crippen molar-refractivity contribution >= 4 is 11.3 Å². The third kappa shape index (κ3) is 3.22. The van der Waals surface area contributed by atoms with Gasteiger partial charge in [-0.3, -0.25) is 0 Å². The highest BCUT2D eigenvalue weighted by Crippen LogP contribution is 2.35. The number of aryl methyl sites for hydroxylation is 2. The van der Waals surface area contributed by atoms with Crippen LogP contribution in [0, 0.1) is 13.8 Å². The number of thiophene rings is 1. The fourth-order valence-corrected chi connectivity index (χ4v) is 3.63. The van der Waals surface area contributed by atoms with Gasteiger partial charge in [0.25, 0.3) is 0 Å². The summed E-state index contributed by atoms with van der Waals surface area (Å²) in [5, 5.41) is 3.60. The molecular weight excluding hydrogens is 266 g/mol. The molecule has 0 aliphatic carbocycles. The number of rotatable bonds is 6. The summed E-state index contributed by atoms with van der Waals surface area (Å²) in [6.07, 6.45) is 0. The highest BCUT2D eigenvalue weighted by atomic mass is 32.1. The lowest BCUT2D eigenvalue weighted by Gasteiger charge is -2.21. The van der Waals surface area contributed by atoms with Crippen molar-refractivity contribution in [3.63, 3.8) is 0 Å². The second kappa shape index (κ2) is 6.91. The standard InChI is InChI=1S/C17H23NOS/c1-5-18-16(17-12(3)11-13(4)20-17)14-9-7-8-10-15(14)19-6-2/h7-11,16,18H,5-6H2,1-4H3. The molecule has 108 valence electrons. The molecule has 0 aliphatic rings. The van der Waals surface area contributed by atoms with E-state index in [0.29, 0.717) is 6.61 Å². The Morgan fingerprint density at radius 1 is 1.20 bits per heavy atom. The first-order valence-corrected chi connectivity index (χ1v) is 8.01. The summed E-state index contributed by atoms with van der Waals surface area (Å²) in [5.74, 6) is 0.978. The summed E-state index contributed by atoms with van der Waals surface area (Å²) in [7, 11) is 0. The maximum Gasteiger partial charge on any atom is 0.124 e. The van der Waals surface area contributed by atoms with Gasteiger partial charge in [0.1, 0.15) is 5.75 Å². The van der Waals surface area contributed by atoms with Crippen LogP contribution < -0.4 is 10.1 Å². The van der Waals surface area contributed by atoms with E-state index in [1.165, 1.54) is 20.9 Å². The maximum atomic E-state index is 5.80. The summed E-state index contributed by atoms with van der Waals surface area (Å²) < 4.78 is 5.80. The normalized spacial score (nSPS) is 12.4. The van der Waals surface area contributed by atoms with Crippen LogP contribution in [-0.4, -0.2) is 13.2 Å². The molecule has 0 amide bonds. The highest BCUT2D eigenvalue weighted by molar-refractivity contribution is 7.12. The zero-order valence-electron chi connectivity index (χ0n) is 12.7. The van der Waals surface area contributed by atoms with Gasteiger partial charge < -0.3 is 10.1 Å². The number of ether oxygens (including phenoxy) is 1. The van der Waals surface area contributed by atoms with Crippen LogP contribution in [0.1, 0.15) is 40.8 Å². The molecule has 1 unspecified atom stereocenters. The molecule has 0 spiro atoms. The summed E-state index contributed by atoms with van der Waals surface area (Å²) >= 11 is 1.87. The molecule has 0 saturated heterocycles. The Morgan fingerprint density at radius 2 is 1.95 bits per heavy atom. The van der Waals surface area contributed by atoms with E-state index in [0.717, 1.165) is 12.3 Å². The zero-order valence-corrected chi connectivity index (χ0v) is 13.5. The second-order valence-electron chi connectivity index (χ2n) is 4.87. The van der Waals surface area contributed by atoms with E-state index in [1.54, 1.807) is 0 Å². The Kier molecular flexibility index (Phi) is 5.21. The lowest BCUT2D eigenvalue weighted by molar-refractivity contribution is 0.334. The predicted octanol–water partition coefficient (Wildman–Crippen LogP) is 4.46. The SMILES string of the molecule is CCNC(c1ccccc1OCC)c1sc(C)cc1C. The van der Waals surface area contributed by atoms with Gasteiger partial charge in [-0.2, -0.15) is 0 Å². The number of para-hydroxylation sites is 1. The average molecular weight is 289 g/mol. The van der Waals surface area contributed by atoms with Gasteiger partial charge in [0.2, 0.25) is 0 Å². The molecule has 0 radical (unpaired) electrons. The summed E-state index contributed by atoms with van der Waals surface area (Å²) in [6.45, 7) is 10.1. The molecule has 1 aromatic heterocycles. The first kappa shape index (κ1) is 15.1. The maximum absolute atomic E-state index is 5.80. The first-order chi connectivity index (χ1) is 9.67. The van der Waals surface area contributed by atoms with E-state index in [2.05, 4.69) is 50.4 Å². The topological polar surface area (TPSA) is 21.3 Å². The van der Waals surface area contributed by atoms with Crippen molar-refractivity contribution in [1.29, 1.82) is 0 Å². The molecule has 2 nitrogen and oxygen atoms in total. The van der Waals surface area contributed by atoms with Gasteiger partial charge in [-0.05, 0) is 45.0 Å². The van der Waals surface area contributed by atoms with E-state index in [9.17, 15) is 0 Å². The van der Waals surface area contributed by atoms with E-state index in [-0.39, 0.29) is 6.04 Å². The fraction of sp³-hybridized carbons (Fsp3) is 0.412. The molecule has 2 aromatic rings. The van der Waals surface area contributed by atoms with Crippen molar-refractivity contribution in [2.45, 2.75) is 33.7 Å². The Labute approximate surface area is 125 Å². The van der Waals surface area contributed by atoms with Crippen LogP contribution in [0.3, 0.4) is 0 Å². The third-order valence-electron chi connectivity index (χ3n) is 3.28. The Hall–Kier alpha value is -1.32. The van der Waals surface area contributed by atoms with Crippen LogP contribution in [0.4, 0.5) is 0 Å². The molecule has 1 N–H and O–H groups in total. The van der Waals surface area contributed by atoms with Crippen molar-refractivity contribution in [2.75, 3.05) is 13.2 Å². The van der Waals surface area contributed by atoms with Gasteiger partial charge >= 0.3 is 0 Å². The van der Waals surface area contributed by atoms with Crippen molar-refractivity contribution in [2.24, 2.45) is 0 Å². The lowest BCUT2D eigenvalue weighted by Crippen LogP contribution is -2.22. The minimum absolute atomic E-state index is 0.210. The lowest BCUT2D eigenvalue weighted by atomic mass is 10.0. The van der Waals surface area contributed by atoms with Crippen LogP contribution in [0.25, 0.3) is 0 Å². The van der Waals surface area contributed by atoms with Gasteiger partial charge in [0.05, 0.1) is 12.6 Å². The van der Waals surface area contributed by atoms with E-state index >= 15 is 0 Å². The second-order valence-corrected chi connectivity index (χ2v) is 6.15. The van der Waals surface area contributed by atoms with Crippen LogP contribution >= 0.6 is 11.3 Å². The largest absolute Gasteiger partial charge is 0.494 e. The molecule has 1 atom stereocenters. The van der Waals surface area contributed by atoms with Crippen molar-refractivity contribution in [3.05, 3.63) is 51.2 Å². The van der Waals surface area contributed by atoms with Crippen LogP contribution in [-0.2, 0) is 0 Å². The minimum atomic E-state index is 0.210. The van der Waals surface area contributed by atoms with Gasteiger partial charge in [-0.1, -0.05) is 25.1 Å². The summed E-state index contributed by atoms with van der Waals surface area (Å²) in [5.41, 5.74) is 2.57. The summed E-state index contributed by atoms with van der Waals surface area (Å²) in [4.78, 5) is 2.74. The molecule has 2 rings (SSSR count). The van der Waals surface area contributed by atoms with Crippen molar-refractivity contribution < 1.29 is 4.74 Å². The minimum Gasteiger partial charge on any atom is -0.494 e. The quantitative estimate of drug-likeness (QED) is 0.847. The first-order valence-electron chi connectivity index (χ1n) is 7.19. The number of hydrogen-bond acceptors (Lipinski definition) is 3. The van der Waals surface area contributed by atoms with Crippen molar-refractivity contribution in [1.82, 2.24) is 5.32 Å². The van der Waals surface area contributed by atoms with Crippen LogP contribution in [0.15, 0.2) is 30.3 Å². The number of benzene rings is 1. The Balaban J connectivity index is 2.45. The molecule has 0 aliphatic heterocycles. The average Bonchev–Trinajstić information content (AvgIpc) is 2.76. The van der Waals surface area contributed by atoms with Gasteiger partial charge in [0, 0.05) is 15.3 Å². The predicted molar refractivity (Wildman–Crippen MR) is 86.9 cm³/mol. The molecule has 20 heavy (non-hydrogen) atoms. The highest BCUT2D eigenvalue weighted by Gasteiger charge is 2.20. The van der Waals surface area contributed by atoms with E-state index in [4.69, 9.17) is 4.74 Å². The Morgan fingerprint density at radius 3 is 2.55 bits per heavy atom. The van der Waals surface area contributed by atoms with Crippen molar-refractivity contribution in [3.8, 4) is 5.75 Å². The third-order valence-corrected chi connectivity index (χ3v) is 4.50. The number of hydrogen-bond donors (Lipinski definition) is 1. The van der Waals surface area contributed by atoms with Crippen LogP contribution in [0.5, 0.6) is 5.75 Å². The van der Waals surface area contributed by atoms with Gasteiger partial charge in [-0.25, -0.2) is 0 Å². The summed E-state index contributed by atoms with van der Waals surface area (Å²) in [6, 6.07) is 10.8. The monoisotopic (exact) mass is 289 g/mol. The molecule has 0 bridgehead atoms. The molecule has 3 heteroatoms. The van der Waals surface area contributed by atoms with Gasteiger partial charge in [-0.15, -0.1) is 11.3 Å². The molecule has 1 heterocycles. The fourth-order valence-electron chi connectivity index (χ4n) is 2.50. The van der Waals surface area contributed by atoms with Crippen LogP contribution in [0.2, 0.25) is 0 Å². The smallest absolute Gasteiger partial charge is 0.124 e. The molecule has 0 fully saturated rings. The molecular formula is C17H23NOS. The molecule has 0 saturated carbocycles. The number of nitrogens with one attached hydrogen (secondary N) is 1. The zero-order chi connectivity index (χ0) is 14.5. The molecule has 1 aromatic carbocycles. The van der Waals surface area contributed by atoms with E-state index < -0.39 is 0 Å². The van der Waals surface area contributed by atoms with Gasteiger partial charge in [0.15, 0.2) is 0 Å². The van der Waals surface area contributed by atoms with E-state index in [1.807, 2.05) is 24.3 Å². The Bertz CT molecular complexity index is 562.